The number of rotatable bonds is 17. The monoisotopic (exact) mass is 680 g/mol. The summed E-state index contributed by atoms with van der Waals surface area (Å²) in [6.45, 7) is 9.64. The van der Waals surface area contributed by atoms with E-state index in [2.05, 4.69) is 5.32 Å². The number of esters is 2. The van der Waals surface area contributed by atoms with Gasteiger partial charge in [-0.2, -0.15) is 4.31 Å². The van der Waals surface area contributed by atoms with Gasteiger partial charge in [0.2, 0.25) is 10.0 Å². The molecule has 0 aliphatic carbocycles. The molecule has 11 heteroatoms. The second kappa shape index (κ2) is 18.4. The Bertz CT molecular complexity index is 1550. The standard InChI is InChI=1S/C37H48N2O8S/c1-28(2)25-39(48(43,44)32-21-19-29(20-22-32)24-34(40)45-26-30-14-8-6-9-15-30)33(35(41)47-37(3,4)5)18-12-13-23-38-36(42)46-27-31-16-10-7-11-17-31/h6-11,14-17,19-22,28,33H,12-13,18,23-27H2,1-5H3,(H,38,42)/t33-/m0/s1. The predicted molar refractivity (Wildman–Crippen MR) is 183 cm³/mol. The minimum atomic E-state index is -4.15. The molecule has 1 amide bonds. The molecule has 3 aromatic carbocycles. The van der Waals surface area contributed by atoms with Crippen molar-refractivity contribution in [2.24, 2.45) is 5.92 Å². The lowest BCUT2D eigenvalue weighted by Gasteiger charge is -2.33. The number of alkyl carbamates (subject to hydrolysis) is 1. The topological polar surface area (TPSA) is 128 Å². The van der Waals surface area contributed by atoms with E-state index in [0.717, 1.165) is 11.1 Å². The van der Waals surface area contributed by atoms with Crippen molar-refractivity contribution in [1.29, 1.82) is 0 Å². The molecule has 10 nitrogen and oxygen atoms in total. The zero-order chi connectivity index (χ0) is 35.2. The van der Waals surface area contributed by atoms with Crippen LogP contribution in [0.25, 0.3) is 0 Å². The van der Waals surface area contributed by atoms with Gasteiger partial charge in [-0.25, -0.2) is 13.2 Å². The third-order valence-corrected chi connectivity index (χ3v) is 8.97. The first-order valence-corrected chi connectivity index (χ1v) is 17.7. The summed E-state index contributed by atoms with van der Waals surface area (Å²) in [5.41, 5.74) is 1.51. The van der Waals surface area contributed by atoms with E-state index < -0.39 is 39.7 Å². The normalized spacial score (nSPS) is 12.4. The molecule has 0 bridgehead atoms. The van der Waals surface area contributed by atoms with Gasteiger partial charge >= 0.3 is 18.0 Å². The molecule has 0 aliphatic rings. The van der Waals surface area contributed by atoms with E-state index in [1.165, 1.54) is 16.4 Å². The van der Waals surface area contributed by atoms with Crippen molar-refractivity contribution in [3.05, 3.63) is 102 Å². The van der Waals surface area contributed by atoms with E-state index >= 15 is 0 Å². The zero-order valence-electron chi connectivity index (χ0n) is 28.5. The number of benzene rings is 3. The average Bonchev–Trinajstić information content (AvgIpc) is 3.04. The van der Waals surface area contributed by atoms with Gasteiger partial charge in [0.25, 0.3) is 0 Å². The molecule has 0 spiro atoms. The highest BCUT2D eigenvalue weighted by molar-refractivity contribution is 7.89. The van der Waals surface area contributed by atoms with E-state index in [-0.39, 0.29) is 43.4 Å². The van der Waals surface area contributed by atoms with Crippen LogP contribution < -0.4 is 5.32 Å². The van der Waals surface area contributed by atoms with E-state index in [1.807, 2.05) is 74.5 Å². The van der Waals surface area contributed by atoms with E-state index in [0.29, 0.717) is 24.9 Å². The number of unbranched alkanes of at least 4 members (excludes halogenated alkanes) is 1. The number of nitrogens with one attached hydrogen (secondary N) is 1. The molecule has 0 heterocycles. The second-order valence-corrected chi connectivity index (χ2v) is 14.9. The van der Waals surface area contributed by atoms with Gasteiger partial charge in [-0.3, -0.25) is 9.59 Å². The summed E-state index contributed by atoms with van der Waals surface area (Å²) in [4.78, 5) is 38.1. The lowest BCUT2D eigenvalue weighted by molar-refractivity contribution is -0.160. The van der Waals surface area contributed by atoms with E-state index in [1.54, 1.807) is 32.9 Å². The fourth-order valence-corrected chi connectivity index (χ4v) is 6.57. The van der Waals surface area contributed by atoms with Crippen molar-refractivity contribution in [1.82, 2.24) is 9.62 Å². The van der Waals surface area contributed by atoms with Gasteiger partial charge in [0, 0.05) is 13.1 Å². The fraction of sp³-hybridized carbons (Fsp3) is 0.432. The van der Waals surface area contributed by atoms with Gasteiger partial charge in [0.15, 0.2) is 0 Å². The maximum Gasteiger partial charge on any atom is 0.407 e. The zero-order valence-corrected chi connectivity index (χ0v) is 29.3. The molecule has 0 fully saturated rings. The van der Waals surface area contributed by atoms with Crippen molar-refractivity contribution in [2.75, 3.05) is 13.1 Å². The fourth-order valence-electron chi connectivity index (χ4n) is 4.80. The highest BCUT2D eigenvalue weighted by atomic mass is 32.2. The van der Waals surface area contributed by atoms with Crippen LogP contribution in [0.5, 0.6) is 0 Å². The molecule has 0 aromatic heterocycles. The summed E-state index contributed by atoms with van der Waals surface area (Å²) >= 11 is 0. The molecule has 0 unspecified atom stereocenters. The van der Waals surface area contributed by atoms with Crippen LogP contribution in [-0.2, 0) is 53.5 Å². The van der Waals surface area contributed by atoms with Crippen molar-refractivity contribution in [2.45, 2.75) is 90.1 Å². The minimum Gasteiger partial charge on any atom is -0.461 e. The van der Waals surface area contributed by atoms with Gasteiger partial charge in [0.1, 0.15) is 24.9 Å². The van der Waals surface area contributed by atoms with Crippen molar-refractivity contribution >= 4 is 28.1 Å². The third-order valence-electron chi connectivity index (χ3n) is 7.08. The quantitative estimate of drug-likeness (QED) is 0.0982. The Morgan fingerprint density at radius 3 is 1.88 bits per heavy atom. The van der Waals surface area contributed by atoms with E-state index in [9.17, 15) is 22.8 Å². The Hall–Kier alpha value is -4.22. The van der Waals surface area contributed by atoms with Gasteiger partial charge in [-0.15, -0.1) is 0 Å². The summed E-state index contributed by atoms with van der Waals surface area (Å²) in [7, 11) is -4.15. The van der Waals surface area contributed by atoms with Crippen LogP contribution in [0, 0.1) is 5.92 Å². The summed E-state index contributed by atoms with van der Waals surface area (Å²) < 4.78 is 45.7. The average molecular weight is 681 g/mol. The Morgan fingerprint density at radius 2 is 1.33 bits per heavy atom. The van der Waals surface area contributed by atoms with Crippen LogP contribution in [0.4, 0.5) is 4.79 Å². The molecule has 1 N–H and O–H groups in total. The highest BCUT2D eigenvalue weighted by Crippen LogP contribution is 2.25. The lowest BCUT2D eigenvalue weighted by atomic mass is 10.1. The number of nitrogens with zero attached hydrogens (tertiary/aromatic N) is 1. The van der Waals surface area contributed by atoms with Gasteiger partial charge in [-0.05, 0) is 74.8 Å². The molecular formula is C37H48N2O8S. The van der Waals surface area contributed by atoms with Crippen LogP contribution >= 0.6 is 0 Å². The molecule has 0 saturated heterocycles. The van der Waals surface area contributed by atoms with Crippen LogP contribution in [0.3, 0.4) is 0 Å². The van der Waals surface area contributed by atoms with Crippen molar-refractivity contribution in [3.8, 4) is 0 Å². The number of ether oxygens (including phenoxy) is 3. The molecule has 48 heavy (non-hydrogen) atoms. The lowest BCUT2D eigenvalue weighted by Crippen LogP contribution is -2.48. The van der Waals surface area contributed by atoms with Crippen LogP contribution in [0.1, 0.15) is 70.6 Å². The molecule has 260 valence electrons. The van der Waals surface area contributed by atoms with Crippen LogP contribution in [0.15, 0.2) is 89.8 Å². The number of hydrogen-bond acceptors (Lipinski definition) is 8. The number of hydrogen-bond donors (Lipinski definition) is 1. The van der Waals surface area contributed by atoms with E-state index in [4.69, 9.17) is 14.2 Å². The largest absolute Gasteiger partial charge is 0.461 e. The third kappa shape index (κ3) is 13.1. The predicted octanol–water partition coefficient (Wildman–Crippen LogP) is 6.43. The first kappa shape index (κ1) is 38.2. The smallest absolute Gasteiger partial charge is 0.407 e. The first-order chi connectivity index (χ1) is 22.7. The number of sulfonamides is 1. The molecule has 3 aromatic rings. The molecule has 1 atom stereocenters. The Balaban J connectivity index is 1.67. The SMILES string of the molecule is CC(C)CN([C@@H](CCCCNC(=O)OCc1ccccc1)C(=O)OC(C)(C)C)S(=O)(=O)c1ccc(CC(=O)OCc2ccccc2)cc1. The minimum absolute atomic E-state index is 0.000870. The highest BCUT2D eigenvalue weighted by Gasteiger charge is 2.38. The number of carbonyl (C=O) groups excluding carboxylic acids is 3. The van der Waals surface area contributed by atoms with Crippen molar-refractivity contribution in [3.63, 3.8) is 0 Å². The van der Waals surface area contributed by atoms with Gasteiger partial charge in [0.05, 0.1) is 11.3 Å². The van der Waals surface area contributed by atoms with Gasteiger partial charge in [-0.1, -0.05) is 86.6 Å². The molecule has 0 radical (unpaired) electrons. The molecule has 0 saturated carbocycles. The first-order valence-electron chi connectivity index (χ1n) is 16.2. The van der Waals surface area contributed by atoms with Gasteiger partial charge < -0.3 is 19.5 Å². The second-order valence-electron chi connectivity index (χ2n) is 13.0. The summed E-state index contributed by atoms with van der Waals surface area (Å²) in [5, 5.41) is 2.70. The van der Waals surface area contributed by atoms with Crippen LogP contribution in [0.2, 0.25) is 0 Å². The maximum atomic E-state index is 14.1. The summed E-state index contributed by atoms with van der Waals surface area (Å²) in [5.74, 6) is -1.16. The Kier molecular flexibility index (Phi) is 14.6. The van der Waals surface area contributed by atoms with Crippen molar-refractivity contribution < 1.29 is 37.0 Å². The summed E-state index contributed by atoms with van der Waals surface area (Å²) in [6, 6.07) is 23.6. The Labute approximate surface area is 284 Å². The number of amides is 1. The van der Waals surface area contributed by atoms with Crippen LogP contribution in [-0.4, -0.2) is 55.5 Å². The molecule has 0 aliphatic heterocycles. The maximum absolute atomic E-state index is 14.1. The Morgan fingerprint density at radius 1 is 0.771 bits per heavy atom. The molecular weight excluding hydrogens is 632 g/mol. The number of carbonyl (C=O) groups is 3. The molecule has 3 rings (SSSR count). The summed E-state index contributed by atoms with van der Waals surface area (Å²) in [6.07, 6.45) is 0.547.